The number of hydrogen-bond acceptors (Lipinski definition) is 1. The van der Waals surface area contributed by atoms with Crippen LogP contribution >= 0.6 is 0 Å². The van der Waals surface area contributed by atoms with Crippen molar-refractivity contribution in [3.05, 3.63) is 11.6 Å². The average molecular weight is 222 g/mol. The van der Waals surface area contributed by atoms with E-state index in [0.29, 0.717) is 11.3 Å². The van der Waals surface area contributed by atoms with Gasteiger partial charge >= 0.3 is 0 Å². The summed E-state index contributed by atoms with van der Waals surface area (Å²) in [5.74, 6) is 1.38. The van der Waals surface area contributed by atoms with Crippen LogP contribution in [0, 0.1) is 17.3 Å². The van der Waals surface area contributed by atoms with Gasteiger partial charge in [0, 0.05) is 0 Å². The van der Waals surface area contributed by atoms with Gasteiger partial charge in [0.1, 0.15) is 0 Å². The van der Waals surface area contributed by atoms with E-state index in [0.717, 1.165) is 12.3 Å². The molecule has 1 N–H and O–H groups in total. The van der Waals surface area contributed by atoms with Gasteiger partial charge in [0.15, 0.2) is 0 Å². The summed E-state index contributed by atoms with van der Waals surface area (Å²) in [6.45, 7) is 8.77. The van der Waals surface area contributed by atoms with Crippen molar-refractivity contribution >= 4 is 0 Å². The molecule has 0 spiro atoms. The molecule has 2 aliphatic carbocycles. The predicted molar refractivity (Wildman–Crippen MR) is 68.2 cm³/mol. The molecule has 92 valence electrons. The van der Waals surface area contributed by atoms with E-state index in [1.165, 1.54) is 31.3 Å². The maximum atomic E-state index is 10.2. The summed E-state index contributed by atoms with van der Waals surface area (Å²) in [4.78, 5) is 0. The first-order valence-electron chi connectivity index (χ1n) is 6.74. The van der Waals surface area contributed by atoms with Crippen molar-refractivity contribution in [1.82, 2.24) is 0 Å². The minimum absolute atomic E-state index is 0.356. The highest BCUT2D eigenvalue weighted by atomic mass is 16.3. The lowest BCUT2D eigenvalue weighted by atomic mass is 9.84. The van der Waals surface area contributed by atoms with Crippen molar-refractivity contribution in [2.75, 3.05) is 0 Å². The number of rotatable bonds is 4. The Morgan fingerprint density at radius 3 is 2.56 bits per heavy atom. The Kier molecular flexibility index (Phi) is 2.94. The molecule has 1 unspecified atom stereocenters. The number of aliphatic hydroxyl groups is 1. The van der Waals surface area contributed by atoms with E-state index in [4.69, 9.17) is 0 Å². The third kappa shape index (κ3) is 1.95. The number of fused-ring (bicyclic) bond motifs is 1. The van der Waals surface area contributed by atoms with Gasteiger partial charge in [-0.1, -0.05) is 18.6 Å². The van der Waals surface area contributed by atoms with Crippen LogP contribution < -0.4 is 0 Å². The Hall–Kier alpha value is -0.300. The molecule has 0 aromatic rings. The largest absolute Gasteiger partial charge is 0.390 e. The topological polar surface area (TPSA) is 20.2 Å². The van der Waals surface area contributed by atoms with Crippen LogP contribution in [0.1, 0.15) is 59.8 Å². The summed E-state index contributed by atoms with van der Waals surface area (Å²) in [5.41, 5.74) is 1.58. The molecule has 1 nitrogen and oxygen atoms in total. The second kappa shape index (κ2) is 3.87. The van der Waals surface area contributed by atoms with Gasteiger partial charge < -0.3 is 5.11 Å². The molecule has 2 rings (SSSR count). The molecular formula is C15H26O. The summed E-state index contributed by atoms with van der Waals surface area (Å²) >= 11 is 0. The van der Waals surface area contributed by atoms with Crippen molar-refractivity contribution < 1.29 is 5.11 Å². The summed E-state index contributed by atoms with van der Waals surface area (Å²) in [5, 5.41) is 10.2. The molecule has 0 radical (unpaired) electrons. The normalized spacial score (nSPS) is 42.7. The van der Waals surface area contributed by atoms with Crippen molar-refractivity contribution in [1.29, 1.82) is 0 Å². The Bertz CT molecular complexity index is 299. The fraction of sp³-hybridized carbons (Fsp3) is 0.867. The summed E-state index contributed by atoms with van der Waals surface area (Å²) in [6.07, 6.45) is 8.39. The molecule has 0 amide bonds. The average Bonchev–Trinajstić information content (AvgIpc) is 2.85. The first-order valence-corrected chi connectivity index (χ1v) is 6.74. The lowest BCUT2D eigenvalue weighted by molar-refractivity contribution is 0.0423. The van der Waals surface area contributed by atoms with Crippen molar-refractivity contribution in [3.63, 3.8) is 0 Å². The Morgan fingerprint density at radius 2 is 2.12 bits per heavy atom. The maximum Gasteiger partial charge on any atom is 0.0653 e. The Balaban J connectivity index is 1.88. The van der Waals surface area contributed by atoms with Crippen molar-refractivity contribution in [2.45, 2.75) is 65.4 Å². The standard InChI is InChI=1S/C15H26O/c1-11(2)6-5-7-12(3)15-9-8-14(4,16)13(15)10-15/h6,12-13,16H,5,7-10H2,1-4H3/t12-,13-,14-,15?/m1/s1. The Labute approximate surface area is 99.9 Å². The van der Waals surface area contributed by atoms with Crippen LogP contribution in [0.2, 0.25) is 0 Å². The zero-order chi connectivity index (χ0) is 12.0. The van der Waals surface area contributed by atoms with E-state index < -0.39 is 0 Å². The molecule has 0 aromatic carbocycles. The van der Waals surface area contributed by atoms with Gasteiger partial charge in [-0.15, -0.1) is 0 Å². The molecule has 1 heteroatoms. The zero-order valence-electron chi connectivity index (χ0n) is 11.2. The SMILES string of the molecule is CC(C)=CCC[C@@H](C)C12CC[C@@](C)(O)[C@H]1C2. The lowest BCUT2D eigenvalue weighted by Crippen LogP contribution is -2.23. The smallest absolute Gasteiger partial charge is 0.0653 e. The van der Waals surface area contributed by atoms with Gasteiger partial charge in [-0.2, -0.15) is 0 Å². The minimum Gasteiger partial charge on any atom is -0.390 e. The third-order valence-electron chi connectivity index (χ3n) is 5.10. The Morgan fingerprint density at radius 1 is 1.44 bits per heavy atom. The molecule has 16 heavy (non-hydrogen) atoms. The molecular weight excluding hydrogens is 196 g/mol. The second-order valence-corrected chi connectivity index (χ2v) is 6.61. The quantitative estimate of drug-likeness (QED) is 0.715. The van der Waals surface area contributed by atoms with Crippen LogP contribution in [0.3, 0.4) is 0 Å². The molecule has 2 saturated carbocycles. The molecule has 2 aliphatic rings. The highest BCUT2D eigenvalue weighted by Crippen LogP contribution is 2.71. The van der Waals surface area contributed by atoms with E-state index in [-0.39, 0.29) is 5.60 Å². The molecule has 0 heterocycles. The molecule has 0 bridgehead atoms. The number of allylic oxidation sites excluding steroid dienone is 2. The minimum atomic E-state index is -0.356. The molecule has 0 aliphatic heterocycles. The first kappa shape index (κ1) is 12.2. The van der Waals surface area contributed by atoms with Crippen LogP contribution in [0.5, 0.6) is 0 Å². The van der Waals surface area contributed by atoms with Gasteiger partial charge in [-0.3, -0.25) is 0 Å². The predicted octanol–water partition coefficient (Wildman–Crippen LogP) is 3.92. The van der Waals surface area contributed by atoms with E-state index in [9.17, 15) is 5.11 Å². The summed E-state index contributed by atoms with van der Waals surface area (Å²) < 4.78 is 0. The van der Waals surface area contributed by atoms with E-state index in [2.05, 4.69) is 26.8 Å². The fourth-order valence-electron chi connectivity index (χ4n) is 3.80. The van der Waals surface area contributed by atoms with Gasteiger partial charge in [0.2, 0.25) is 0 Å². The van der Waals surface area contributed by atoms with E-state index in [1.807, 2.05) is 6.92 Å². The van der Waals surface area contributed by atoms with Gasteiger partial charge in [-0.05, 0) is 70.1 Å². The van der Waals surface area contributed by atoms with Crippen LogP contribution in [-0.4, -0.2) is 10.7 Å². The highest BCUT2D eigenvalue weighted by Gasteiger charge is 2.67. The van der Waals surface area contributed by atoms with Crippen LogP contribution in [-0.2, 0) is 0 Å². The van der Waals surface area contributed by atoms with E-state index >= 15 is 0 Å². The van der Waals surface area contributed by atoms with Gasteiger partial charge in [0.05, 0.1) is 5.60 Å². The van der Waals surface area contributed by atoms with Gasteiger partial charge in [-0.25, -0.2) is 0 Å². The first-order chi connectivity index (χ1) is 7.38. The second-order valence-electron chi connectivity index (χ2n) is 6.61. The van der Waals surface area contributed by atoms with Crippen molar-refractivity contribution in [2.24, 2.45) is 17.3 Å². The fourth-order valence-corrected chi connectivity index (χ4v) is 3.80. The van der Waals surface area contributed by atoms with Crippen LogP contribution in [0.15, 0.2) is 11.6 Å². The zero-order valence-corrected chi connectivity index (χ0v) is 11.2. The van der Waals surface area contributed by atoms with Crippen molar-refractivity contribution in [3.8, 4) is 0 Å². The summed E-state index contributed by atoms with van der Waals surface area (Å²) in [6, 6.07) is 0. The molecule has 2 fully saturated rings. The molecule has 4 atom stereocenters. The molecule has 0 aromatic heterocycles. The van der Waals surface area contributed by atoms with Crippen LogP contribution in [0.25, 0.3) is 0 Å². The maximum absolute atomic E-state index is 10.2. The lowest BCUT2D eigenvalue weighted by Gasteiger charge is -2.21. The molecule has 0 saturated heterocycles. The summed E-state index contributed by atoms with van der Waals surface area (Å²) in [7, 11) is 0. The van der Waals surface area contributed by atoms with E-state index in [1.54, 1.807) is 0 Å². The van der Waals surface area contributed by atoms with Crippen LogP contribution in [0.4, 0.5) is 0 Å². The van der Waals surface area contributed by atoms with Gasteiger partial charge in [0.25, 0.3) is 0 Å². The monoisotopic (exact) mass is 222 g/mol. The number of hydrogen-bond donors (Lipinski definition) is 1. The third-order valence-corrected chi connectivity index (χ3v) is 5.10. The highest BCUT2D eigenvalue weighted by molar-refractivity contribution is 5.17.